The molecule has 0 spiro atoms. The highest BCUT2D eigenvalue weighted by Gasteiger charge is 2.25. The molecular formula is C20H22F3NOS. The molecule has 0 saturated heterocycles. The quantitative estimate of drug-likeness (QED) is 0.578. The van der Waals surface area contributed by atoms with Gasteiger partial charge in [0.1, 0.15) is 5.75 Å². The molecule has 1 aliphatic heterocycles. The molecule has 6 heteroatoms. The minimum Gasteiger partial charge on any atom is -0.506 e. The first-order valence-electron chi connectivity index (χ1n) is 8.81. The first-order chi connectivity index (χ1) is 12.4. The maximum absolute atomic E-state index is 12.1. The normalized spacial score (nSPS) is 13.9. The second-order valence-corrected chi connectivity index (χ2v) is 7.80. The van der Waals surface area contributed by atoms with Gasteiger partial charge in [0.2, 0.25) is 0 Å². The van der Waals surface area contributed by atoms with Crippen molar-refractivity contribution >= 4 is 17.0 Å². The largest absolute Gasteiger partial charge is 0.506 e. The van der Waals surface area contributed by atoms with Crippen LogP contribution in [0.3, 0.4) is 0 Å². The third kappa shape index (κ3) is 5.04. The number of aromatic hydroxyl groups is 1. The number of anilines is 1. The van der Waals surface area contributed by atoms with Crippen LogP contribution in [-0.4, -0.2) is 11.3 Å². The number of rotatable bonds is 7. The Morgan fingerprint density at radius 2 is 1.85 bits per heavy atom. The van der Waals surface area contributed by atoms with E-state index in [2.05, 4.69) is 18.2 Å². The van der Waals surface area contributed by atoms with Crippen LogP contribution in [0.15, 0.2) is 42.6 Å². The lowest BCUT2D eigenvalue weighted by molar-refractivity contribution is -0.135. The molecule has 26 heavy (non-hydrogen) atoms. The van der Waals surface area contributed by atoms with E-state index < -0.39 is 12.6 Å². The molecule has 0 saturated carbocycles. The maximum atomic E-state index is 12.1. The van der Waals surface area contributed by atoms with Crippen LogP contribution in [0.25, 0.3) is 0 Å². The van der Waals surface area contributed by atoms with Gasteiger partial charge in [-0.15, -0.1) is 11.3 Å². The summed E-state index contributed by atoms with van der Waals surface area (Å²) >= 11 is 1.69. The second kappa shape index (κ2) is 8.16. The Hall–Kier alpha value is -1.95. The van der Waals surface area contributed by atoms with E-state index in [-0.39, 0.29) is 12.2 Å². The van der Waals surface area contributed by atoms with Gasteiger partial charge in [-0.3, -0.25) is 0 Å². The molecule has 140 valence electrons. The van der Waals surface area contributed by atoms with Crippen molar-refractivity contribution in [3.05, 3.63) is 57.9 Å². The SMILES string of the molecule is Oc1cccc2c1N(Cc1ccc(CCCCCC(F)(F)F)s1)C=CC2. The number of para-hydroxylation sites is 1. The minimum atomic E-state index is -4.04. The third-order valence-corrected chi connectivity index (χ3v) is 5.57. The average Bonchev–Trinajstić information content (AvgIpc) is 3.01. The second-order valence-electron chi connectivity index (χ2n) is 6.55. The number of hydrogen-bond donors (Lipinski definition) is 1. The zero-order valence-electron chi connectivity index (χ0n) is 14.4. The number of phenolic OH excluding ortho intramolecular Hbond substituents is 1. The number of allylic oxidation sites excluding steroid dienone is 1. The molecule has 2 heterocycles. The van der Waals surface area contributed by atoms with Gasteiger partial charge in [0.25, 0.3) is 0 Å². The molecule has 1 N–H and O–H groups in total. The molecular weight excluding hydrogens is 359 g/mol. The van der Waals surface area contributed by atoms with Crippen molar-refractivity contribution in [2.75, 3.05) is 4.90 Å². The molecule has 0 atom stereocenters. The van der Waals surface area contributed by atoms with E-state index in [9.17, 15) is 18.3 Å². The topological polar surface area (TPSA) is 23.5 Å². The fourth-order valence-corrected chi connectivity index (χ4v) is 4.26. The van der Waals surface area contributed by atoms with E-state index in [1.165, 1.54) is 9.75 Å². The highest BCUT2D eigenvalue weighted by molar-refractivity contribution is 7.12. The van der Waals surface area contributed by atoms with Crippen LogP contribution >= 0.6 is 11.3 Å². The summed E-state index contributed by atoms with van der Waals surface area (Å²) in [5, 5.41) is 10.2. The van der Waals surface area contributed by atoms with Crippen molar-refractivity contribution in [1.82, 2.24) is 0 Å². The Morgan fingerprint density at radius 3 is 2.65 bits per heavy atom. The van der Waals surface area contributed by atoms with Gasteiger partial charge < -0.3 is 10.0 Å². The zero-order valence-corrected chi connectivity index (χ0v) is 15.2. The molecule has 1 aromatic heterocycles. The lowest BCUT2D eigenvalue weighted by Crippen LogP contribution is -2.19. The Labute approximate surface area is 155 Å². The van der Waals surface area contributed by atoms with Gasteiger partial charge >= 0.3 is 6.18 Å². The zero-order chi connectivity index (χ0) is 18.6. The van der Waals surface area contributed by atoms with Crippen molar-refractivity contribution < 1.29 is 18.3 Å². The Balaban J connectivity index is 1.53. The van der Waals surface area contributed by atoms with E-state index in [0.29, 0.717) is 13.0 Å². The van der Waals surface area contributed by atoms with Crippen molar-refractivity contribution in [1.29, 1.82) is 0 Å². The monoisotopic (exact) mass is 381 g/mol. The number of unbranched alkanes of at least 4 members (excludes halogenated alkanes) is 2. The van der Waals surface area contributed by atoms with Crippen LogP contribution in [-0.2, 0) is 19.4 Å². The van der Waals surface area contributed by atoms with Crippen LogP contribution in [0.2, 0.25) is 0 Å². The van der Waals surface area contributed by atoms with Gasteiger partial charge in [0, 0.05) is 22.4 Å². The standard InChI is InChI=1S/C20H22F3NOS/c21-20(22,23)12-3-1-2-8-16-10-11-17(26-16)14-24-13-5-7-15-6-4-9-18(25)19(15)24/h4-6,9-11,13,25H,1-3,7-8,12,14H2. The molecule has 1 aliphatic rings. The maximum Gasteiger partial charge on any atom is 0.389 e. The van der Waals surface area contributed by atoms with E-state index >= 15 is 0 Å². The molecule has 0 fully saturated rings. The fraction of sp³-hybridized carbons (Fsp3) is 0.400. The summed E-state index contributed by atoms with van der Waals surface area (Å²) in [6.45, 7) is 0.680. The minimum absolute atomic E-state index is 0.205. The van der Waals surface area contributed by atoms with Crippen molar-refractivity contribution in [3.8, 4) is 5.75 Å². The molecule has 2 aromatic rings. The summed E-state index contributed by atoms with van der Waals surface area (Å²) in [6, 6.07) is 9.70. The van der Waals surface area contributed by atoms with Crippen LogP contribution in [0.1, 0.15) is 41.0 Å². The Kier molecular flexibility index (Phi) is 5.91. The number of thiophene rings is 1. The lowest BCUT2D eigenvalue weighted by atomic mass is 10.0. The molecule has 0 aliphatic carbocycles. The van der Waals surface area contributed by atoms with Crippen molar-refractivity contribution in [2.24, 2.45) is 0 Å². The Bertz CT molecular complexity index is 767. The van der Waals surface area contributed by atoms with Gasteiger partial charge in [0.15, 0.2) is 0 Å². The van der Waals surface area contributed by atoms with Crippen LogP contribution in [0.4, 0.5) is 18.9 Å². The van der Waals surface area contributed by atoms with Gasteiger partial charge in [0.05, 0.1) is 12.2 Å². The number of alkyl halides is 3. The molecule has 1 aromatic carbocycles. The number of nitrogens with zero attached hydrogens (tertiary/aromatic N) is 1. The number of phenols is 1. The Morgan fingerprint density at radius 1 is 1.04 bits per heavy atom. The van der Waals surface area contributed by atoms with Gasteiger partial charge in [-0.05, 0) is 49.4 Å². The number of fused-ring (bicyclic) bond motifs is 1. The first-order valence-corrected chi connectivity index (χ1v) is 9.62. The number of hydrogen-bond acceptors (Lipinski definition) is 3. The van der Waals surface area contributed by atoms with E-state index in [4.69, 9.17) is 0 Å². The van der Waals surface area contributed by atoms with Crippen LogP contribution in [0.5, 0.6) is 5.75 Å². The summed E-state index contributed by atoms with van der Waals surface area (Å²) in [7, 11) is 0. The van der Waals surface area contributed by atoms with Crippen molar-refractivity contribution in [2.45, 2.75) is 51.2 Å². The highest BCUT2D eigenvalue weighted by atomic mass is 32.1. The summed E-state index contributed by atoms with van der Waals surface area (Å²) in [5.41, 5.74) is 1.96. The summed E-state index contributed by atoms with van der Waals surface area (Å²) < 4.78 is 36.4. The van der Waals surface area contributed by atoms with Crippen molar-refractivity contribution in [3.63, 3.8) is 0 Å². The fourth-order valence-electron chi connectivity index (χ4n) is 3.20. The predicted molar refractivity (Wildman–Crippen MR) is 99.7 cm³/mol. The number of aryl methyl sites for hydroxylation is 1. The molecule has 3 rings (SSSR count). The van der Waals surface area contributed by atoms with Crippen LogP contribution < -0.4 is 4.90 Å². The van der Waals surface area contributed by atoms with Crippen LogP contribution in [0, 0.1) is 0 Å². The molecule has 0 unspecified atom stereocenters. The van der Waals surface area contributed by atoms with E-state index in [1.807, 2.05) is 23.2 Å². The summed E-state index contributed by atoms with van der Waals surface area (Å²) in [5.74, 6) is 0.285. The summed E-state index contributed by atoms with van der Waals surface area (Å²) in [4.78, 5) is 4.43. The highest BCUT2D eigenvalue weighted by Crippen LogP contribution is 2.36. The van der Waals surface area contributed by atoms with Gasteiger partial charge in [-0.25, -0.2) is 0 Å². The molecule has 2 nitrogen and oxygen atoms in total. The van der Waals surface area contributed by atoms with Gasteiger partial charge in [-0.2, -0.15) is 13.2 Å². The predicted octanol–water partition coefficient (Wildman–Crippen LogP) is 6.20. The first kappa shape index (κ1) is 18.8. The number of benzene rings is 1. The number of halogens is 3. The van der Waals surface area contributed by atoms with Gasteiger partial charge in [-0.1, -0.05) is 24.6 Å². The van der Waals surface area contributed by atoms with E-state index in [0.717, 1.165) is 30.5 Å². The average molecular weight is 381 g/mol. The lowest BCUT2D eigenvalue weighted by Gasteiger charge is -2.26. The summed E-state index contributed by atoms with van der Waals surface area (Å²) in [6.07, 6.45) is 2.57. The van der Waals surface area contributed by atoms with E-state index in [1.54, 1.807) is 17.4 Å². The smallest absolute Gasteiger partial charge is 0.389 e. The molecule has 0 radical (unpaired) electrons. The molecule has 0 amide bonds. The molecule has 0 bridgehead atoms. The third-order valence-electron chi connectivity index (χ3n) is 4.44.